The van der Waals surface area contributed by atoms with Crippen molar-refractivity contribution in [3.05, 3.63) is 22.1 Å². The van der Waals surface area contributed by atoms with Crippen molar-refractivity contribution in [3.63, 3.8) is 0 Å². The molecule has 0 aromatic carbocycles. The van der Waals surface area contributed by atoms with E-state index in [9.17, 15) is 10.1 Å². The molecule has 1 aromatic heterocycles. The molecule has 0 amide bonds. The molecule has 1 heterocycles. The molecule has 0 spiro atoms. The number of imidazole rings is 1. The van der Waals surface area contributed by atoms with E-state index >= 15 is 0 Å². The normalized spacial score (nSPS) is 10.3. The highest BCUT2D eigenvalue weighted by molar-refractivity contribution is 6.17. The Bertz CT molecular complexity index is 312. The van der Waals surface area contributed by atoms with E-state index in [-0.39, 0.29) is 30.7 Å². The number of aliphatic hydroxyl groups is 1. The largest absolute Gasteiger partial charge is 0.386 e. The standard InChI is InChI=1S/C6H8ClN3O3/c7-1-2-9-5(4-11)8-3-6(9)10(12)13/h3,11H,1-2,4H2. The molecule has 0 saturated carbocycles. The molecule has 1 aromatic rings. The fourth-order valence-electron chi connectivity index (χ4n) is 1.00. The van der Waals surface area contributed by atoms with Gasteiger partial charge in [-0.05, 0) is 4.92 Å². The van der Waals surface area contributed by atoms with Gasteiger partial charge in [-0.25, -0.2) is 9.55 Å². The van der Waals surface area contributed by atoms with Gasteiger partial charge in [-0.1, -0.05) is 0 Å². The molecule has 7 heteroatoms. The number of nitrogens with zero attached hydrogens (tertiary/aromatic N) is 3. The minimum atomic E-state index is -0.557. The van der Waals surface area contributed by atoms with Crippen molar-refractivity contribution < 1.29 is 10.0 Å². The molecule has 0 radical (unpaired) electrons. The molecule has 6 nitrogen and oxygen atoms in total. The highest BCUT2D eigenvalue weighted by Gasteiger charge is 2.18. The topological polar surface area (TPSA) is 81.2 Å². The second-order valence-corrected chi connectivity index (χ2v) is 2.67. The van der Waals surface area contributed by atoms with Gasteiger partial charge in [0.15, 0.2) is 0 Å². The molecule has 0 saturated heterocycles. The first kappa shape index (κ1) is 9.94. The van der Waals surface area contributed by atoms with E-state index in [1.54, 1.807) is 0 Å². The number of hydrogen-bond acceptors (Lipinski definition) is 4. The third-order valence-corrected chi connectivity index (χ3v) is 1.72. The molecule has 0 fully saturated rings. The maximum Gasteiger partial charge on any atom is 0.342 e. The van der Waals surface area contributed by atoms with Crippen LogP contribution in [0, 0.1) is 10.1 Å². The van der Waals surface area contributed by atoms with Crippen LogP contribution in [0.15, 0.2) is 6.20 Å². The zero-order valence-corrected chi connectivity index (χ0v) is 7.44. The second-order valence-electron chi connectivity index (χ2n) is 2.29. The van der Waals surface area contributed by atoms with Gasteiger partial charge in [0.05, 0.1) is 5.88 Å². The Kier molecular flexibility index (Phi) is 3.21. The number of nitro groups is 1. The number of hydrogen-bond donors (Lipinski definition) is 1. The first-order valence-electron chi connectivity index (χ1n) is 3.56. The summed E-state index contributed by atoms with van der Waals surface area (Å²) < 4.78 is 1.28. The van der Waals surface area contributed by atoms with Gasteiger partial charge in [0.1, 0.15) is 19.3 Å². The Hall–Kier alpha value is -1.14. The smallest absolute Gasteiger partial charge is 0.342 e. The van der Waals surface area contributed by atoms with Crippen LogP contribution >= 0.6 is 11.6 Å². The van der Waals surface area contributed by atoms with Crippen molar-refractivity contribution in [2.45, 2.75) is 13.2 Å². The summed E-state index contributed by atoms with van der Waals surface area (Å²) in [6, 6.07) is 0. The van der Waals surface area contributed by atoms with Gasteiger partial charge in [-0.3, -0.25) is 0 Å². The zero-order chi connectivity index (χ0) is 9.84. The third-order valence-electron chi connectivity index (χ3n) is 1.55. The Morgan fingerprint density at radius 1 is 1.77 bits per heavy atom. The van der Waals surface area contributed by atoms with Crippen molar-refractivity contribution >= 4 is 17.4 Å². The number of aliphatic hydroxyl groups excluding tert-OH is 1. The Balaban J connectivity index is 3.06. The maximum absolute atomic E-state index is 10.4. The lowest BCUT2D eigenvalue weighted by Gasteiger charge is -1.99. The van der Waals surface area contributed by atoms with Gasteiger partial charge in [0.25, 0.3) is 0 Å². The van der Waals surface area contributed by atoms with Crippen LogP contribution in [0.25, 0.3) is 0 Å². The Labute approximate surface area is 78.9 Å². The fourth-order valence-corrected chi connectivity index (χ4v) is 1.17. The van der Waals surface area contributed by atoms with Gasteiger partial charge < -0.3 is 15.2 Å². The van der Waals surface area contributed by atoms with Crippen LogP contribution in [0.4, 0.5) is 5.82 Å². The van der Waals surface area contributed by atoms with E-state index in [0.717, 1.165) is 6.20 Å². The van der Waals surface area contributed by atoms with Crippen molar-refractivity contribution in [1.29, 1.82) is 0 Å². The molecule has 0 aliphatic rings. The lowest BCUT2D eigenvalue weighted by Crippen LogP contribution is -2.08. The summed E-state index contributed by atoms with van der Waals surface area (Å²) in [6.07, 6.45) is 1.11. The lowest BCUT2D eigenvalue weighted by molar-refractivity contribution is -0.392. The zero-order valence-electron chi connectivity index (χ0n) is 6.68. The van der Waals surface area contributed by atoms with Gasteiger partial charge in [-0.15, -0.1) is 11.6 Å². The highest BCUT2D eigenvalue weighted by atomic mass is 35.5. The monoisotopic (exact) mass is 205 g/mol. The number of alkyl halides is 1. The van der Waals surface area contributed by atoms with Crippen LogP contribution < -0.4 is 0 Å². The van der Waals surface area contributed by atoms with Crippen LogP contribution in [0.2, 0.25) is 0 Å². The van der Waals surface area contributed by atoms with Crippen LogP contribution in [-0.2, 0) is 13.2 Å². The molecule has 1 N–H and O–H groups in total. The van der Waals surface area contributed by atoms with Crippen molar-refractivity contribution in [2.75, 3.05) is 5.88 Å². The van der Waals surface area contributed by atoms with E-state index < -0.39 is 4.92 Å². The number of rotatable bonds is 4. The van der Waals surface area contributed by atoms with Gasteiger partial charge in [0.2, 0.25) is 5.82 Å². The molecule has 1 rings (SSSR count). The first-order valence-corrected chi connectivity index (χ1v) is 4.09. The van der Waals surface area contributed by atoms with Crippen LogP contribution in [0.5, 0.6) is 0 Å². The van der Waals surface area contributed by atoms with Crippen LogP contribution in [-0.4, -0.2) is 25.5 Å². The van der Waals surface area contributed by atoms with Crippen molar-refractivity contribution in [2.24, 2.45) is 0 Å². The van der Waals surface area contributed by atoms with Gasteiger partial charge in [-0.2, -0.15) is 0 Å². The summed E-state index contributed by atoms with van der Waals surface area (Å²) in [7, 11) is 0. The molecule has 13 heavy (non-hydrogen) atoms. The summed E-state index contributed by atoms with van der Waals surface area (Å²) in [4.78, 5) is 13.6. The molecular weight excluding hydrogens is 198 g/mol. The number of aromatic nitrogens is 2. The SMILES string of the molecule is O=[N+]([O-])c1cnc(CO)n1CCCl. The minimum absolute atomic E-state index is 0.148. The van der Waals surface area contributed by atoms with E-state index in [2.05, 4.69) is 4.98 Å². The maximum atomic E-state index is 10.4. The molecule has 0 aliphatic carbocycles. The summed E-state index contributed by atoms with van der Waals surface area (Å²) >= 11 is 5.45. The van der Waals surface area contributed by atoms with E-state index in [1.165, 1.54) is 4.57 Å². The Morgan fingerprint density at radius 2 is 2.46 bits per heavy atom. The first-order chi connectivity index (χ1) is 6.20. The molecule has 0 atom stereocenters. The molecule has 0 unspecified atom stereocenters. The van der Waals surface area contributed by atoms with Crippen LogP contribution in [0.1, 0.15) is 5.82 Å². The molecule has 0 aliphatic heterocycles. The molecule has 72 valence electrons. The van der Waals surface area contributed by atoms with Crippen molar-refractivity contribution in [1.82, 2.24) is 9.55 Å². The predicted octanol–water partition coefficient (Wildman–Crippen LogP) is 0.522. The molecular formula is C6H8ClN3O3. The number of halogens is 1. The van der Waals surface area contributed by atoms with E-state index in [0.29, 0.717) is 0 Å². The Morgan fingerprint density at radius 3 is 2.92 bits per heavy atom. The average molecular weight is 206 g/mol. The second kappa shape index (κ2) is 4.20. The minimum Gasteiger partial charge on any atom is -0.386 e. The quantitative estimate of drug-likeness (QED) is 0.442. The predicted molar refractivity (Wildman–Crippen MR) is 45.5 cm³/mol. The molecule has 0 bridgehead atoms. The summed E-state index contributed by atoms with van der Waals surface area (Å²) in [5.41, 5.74) is 0. The summed E-state index contributed by atoms with van der Waals surface area (Å²) in [6.45, 7) is -0.0571. The van der Waals surface area contributed by atoms with E-state index in [4.69, 9.17) is 16.7 Å². The third kappa shape index (κ3) is 1.96. The van der Waals surface area contributed by atoms with Gasteiger partial charge >= 0.3 is 5.82 Å². The van der Waals surface area contributed by atoms with E-state index in [1.807, 2.05) is 0 Å². The lowest BCUT2D eigenvalue weighted by atomic mass is 10.6. The summed E-state index contributed by atoms with van der Waals surface area (Å²) in [5, 5.41) is 19.2. The van der Waals surface area contributed by atoms with Gasteiger partial charge in [0, 0.05) is 0 Å². The fraction of sp³-hybridized carbons (Fsp3) is 0.500. The average Bonchev–Trinajstić information content (AvgIpc) is 2.48. The summed E-state index contributed by atoms with van der Waals surface area (Å²) in [5.74, 6) is 0.349. The highest BCUT2D eigenvalue weighted by Crippen LogP contribution is 2.13. The van der Waals surface area contributed by atoms with Crippen LogP contribution in [0.3, 0.4) is 0 Å². The van der Waals surface area contributed by atoms with Crippen molar-refractivity contribution in [3.8, 4) is 0 Å².